The maximum atomic E-state index is 10.1. The van der Waals surface area contributed by atoms with Gasteiger partial charge in [-0.2, -0.15) is 0 Å². The molecule has 0 amide bonds. The van der Waals surface area contributed by atoms with E-state index in [1.807, 2.05) is 47.0 Å². The molecule has 10 heteroatoms. The minimum absolute atomic E-state index is 0.187. The Morgan fingerprint density at radius 2 is 1.56 bits per heavy atom. The van der Waals surface area contributed by atoms with Gasteiger partial charge < -0.3 is 10.1 Å². The molecule has 50 heavy (non-hydrogen) atoms. The summed E-state index contributed by atoms with van der Waals surface area (Å²) in [5, 5.41) is 28.8. The van der Waals surface area contributed by atoms with Crippen molar-refractivity contribution in [2.45, 2.75) is 25.3 Å². The second-order valence-electron chi connectivity index (χ2n) is 12.8. The van der Waals surface area contributed by atoms with Crippen LogP contribution >= 0.6 is 0 Å². The molecule has 0 spiro atoms. The number of pyridine rings is 3. The van der Waals surface area contributed by atoms with Crippen LogP contribution in [-0.4, -0.2) is 62.8 Å². The number of fused-ring (bicyclic) bond motifs is 3. The van der Waals surface area contributed by atoms with Gasteiger partial charge in [0.25, 0.3) is 0 Å². The molecule has 0 unspecified atom stereocenters. The van der Waals surface area contributed by atoms with Gasteiger partial charge in [-0.15, -0.1) is 20.4 Å². The molecule has 1 aliphatic rings. The lowest BCUT2D eigenvalue weighted by atomic mass is 9.95. The van der Waals surface area contributed by atoms with E-state index < -0.39 is 0 Å². The van der Waals surface area contributed by atoms with Crippen molar-refractivity contribution >= 4 is 16.6 Å². The molecule has 10 nitrogen and oxygen atoms in total. The quantitative estimate of drug-likeness (QED) is 0.181. The van der Waals surface area contributed by atoms with Crippen LogP contribution in [0.2, 0.25) is 0 Å². The van der Waals surface area contributed by atoms with Gasteiger partial charge in [0.1, 0.15) is 17.3 Å². The number of aromatic amines is 1. The second kappa shape index (κ2) is 12.6. The average Bonchev–Trinajstić information content (AvgIpc) is 3.85. The summed E-state index contributed by atoms with van der Waals surface area (Å²) in [6, 6.07) is 36.2. The molecule has 0 radical (unpaired) electrons. The van der Waals surface area contributed by atoms with Crippen LogP contribution in [0.3, 0.4) is 0 Å². The topological polar surface area (TPSA) is 121 Å². The highest BCUT2D eigenvalue weighted by Gasteiger charge is 2.24. The fourth-order valence-electron chi connectivity index (χ4n) is 6.96. The maximum absolute atomic E-state index is 10.1. The highest BCUT2D eigenvalue weighted by Crippen LogP contribution is 2.36. The van der Waals surface area contributed by atoms with E-state index in [1.54, 1.807) is 24.4 Å². The maximum Gasteiger partial charge on any atom is 0.179 e. The molecule has 0 atom stereocenters. The first-order valence-corrected chi connectivity index (χ1v) is 16.9. The van der Waals surface area contributed by atoms with Crippen molar-refractivity contribution in [3.8, 4) is 51.0 Å². The van der Waals surface area contributed by atoms with Crippen molar-refractivity contribution in [2.75, 3.05) is 13.1 Å². The zero-order valence-electron chi connectivity index (χ0n) is 27.2. The molecule has 0 saturated carbocycles. The SMILES string of the molecule is Oc1cccc(-c2nnc3c4cc(-c5ccccc5)c(-c5ccc(CN6CCC(c7nnc(-c8ccccn8)[nH]7)CC6)cc5)nc4ccn23)c1. The number of aromatic hydroxyl groups is 1. The Labute approximate surface area is 288 Å². The molecule has 3 aromatic carbocycles. The molecule has 6 heterocycles. The zero-order chi connectivity index (χ0) is 33.4. The third kappa shape index (κ3) is 5.65. The Kier molecular flexibility index (Phi) is 7.55. The van der Waals surface area contributed by atoms with E-state index in [-0.39, 0.29) is 5.75 Å². The van der Waals surface area contributed by atoms with Gasteiger partial charge in [-0.1, -0.05) is 72.8 Å². The number of nitrogens with one attached hydrogen (secondary N) is 1. The number of hydrogen-bond donors (Lipinski definition) is 2. The van der Waals surface area contributed by atoms with Crippen LogP contribution in [0.4, 0.5) is 0 Å². The Hall–Kier alpha value is -6.26. The van der Waals surface area contributed by atoms with Crippen LogP contribution in [0.15, 0.2) is 122 Å². The third-order valence-corrected chi connectivity index (χ3v) is 9.58. The van der Waals surface area contributed by atoms with Crippen LogP contribution in [0.1, 0.15) is 30.1 Å². The molecule has 1 aliphatic heterocycles. The normalized spacial score (nSPS) is 14.1. The van der Waals surface area contributed by atoms with Gasteiger partial charge in [0.2, 0.25) is 0 Å². The summed E-state index contributed by atoms with van der Waals surface area (Å²) in [7, 11) is 0. The number of piperidine rings is 1. The lowest BCUT2D eigenvalue weighted by Gasteiger charge is -2.30. The summed E-state index contributed by atoms with van der Waals surface area (Å²) in [6.07, 6.45) is 5.79. The second-order valence-corrected chi connectivity index (χ2v) is 12.8. The van der Waals surface area contributed by atoms with Crippen molar-refractivity contribution < 1.29 is 5.11 Å². The Bertz CT molecular complexity index is 2430. The van der Waals surface area contributed by atoms with E-state index >= 15 is 0 Å². The highest BCUT2D eigenvalue weighted by molar-refractivity contribution is 5.98. The van der Waals surface area contributed by atoms with Crippen LogP contribution in [0.25, 0.3) is 61.8 Å². The average molecular weight is 656 g/mol. The van der Waals surface area contributed by atoms with Crippen LogP contribution in [0, 0.1) is 0 Å². The predicted octanol–water partition coefficient (Wildman–Crippen LogP) is 7.54. The molecule has 0 bridgehead atoms. The molecule has 2 N–H and O–H groups in total. The van der Waals surface area contributed by atoms with Gasteiger partial charge in [-0.05, 0) is 73.5 Å². The summed E-state index contributed by atoms with van der Waals surface area (Å²) < 4.78 is 1.95. The first-order chi connectivity index (χ1) is 24.7. The van der Waals surface area contributed by atoms with Gasteiger partial charge in [0.15, 0.2) is 17.3 Å². The number of rotatable bonds is 7. The molecular formula is C40H33N9O. The summed E-state index contributed by atoms with van der Waals surface area (Å²) in [5.41, 5.74) is 8.53. The predicted molar refractivity (Wildman–Crippen MR) is 193 cm³/mol. The number of benzene rings is 3. The molecule has 1 saturated heterocycles. The lowest BCUT2D eigenvalue weighted by Crippen LogP contribution is -2.32. The first-order valence-electron chi connectivity index (χ1n) is 16.9. The smallest absolute Gasteiger partial charge is 0.179 e. The monoisotopic (exact) mass is 655 g/mol. The highest BCUT2D eigenvalue weighted by atomic mass is 16.3. The Balaban J connectivity index is 0.965. The first kappa shape index (κ1) is 29.8. The van der Waals surface area contributed by atoms with Crippen molar-refractivity contribution in [1.82, 2.24) is 44.6 Å². The summed E-state index contributed by atoms with van der Waals surface area (Å²) in [5.74, 6) is 2.90. The number of aromatic nitrogens is 8. The number of phenolic OH excluding ortho intramolecular Hbond substituents is 1. The number of nitrogens with zero attached hydrogens (tertiary/aromatic N) is 8. The fraction of sp³-hybridized carbons (Fsp3) is 0.150. The van der Waals surface area contributed by atoms with Gasteiger partial charge in [0, 0.05) is 46.9 Å². The summed E-state index contributed by atoms with van der Waals surface area (Å²) >= 11 is 0. The van der Waals surface area contributed by atoms with Gasteiger partial charge in [0.05, 0.1) is 11.2 Å². The molecule has 8 aromatic rings. The van der Waals surface area contributed by atoms with Gasteiger partial charge >= 0.3 is 0 Å². The number of H-pyrrole nitrogens is 1. The minimum atomic E-state index is 0.187. The van der Waals surface area contributed by atoms with Crippen LogP contribution in [0.5, 0.6) is 5.75 Å². The van der Waals surface area contributed by atoms with Crippen molar-refractivity contribution in [3.05, 3.63) is 133 Å². The number of hydrogen-bond acceptors (Lipinski definition) is 8. The fourth-order valence-corrected chi connectivity index (χ4v) is 6.96. The molecule has 5 aromatic heterocycles. The van der Waals surface area contributed by atoms with E-state index in [2.05, 4.69) is 89.9 Å². The van der Waals surface area contributed by atoms with Crippen LogP contribution in [-0.2, 0) is 6.54 Å². The molecule has 9 rings (SSSR count). The van der Waals surface area contributed by atoms with E-state index in [1.165, 1.54) is 5.56 Å². The van der Waals surface area contributed by atoms with Crippen molar-refractivity contribution in [2.24, 2.45) is 0 Å². The molecule has 0 aliphatic carbocycles. The third-order valence-electron chi connectivity index (χ3n) is 9.58. The summed E-state index contributed by atoms with van der Waals surface area (Å²) in [4.78, 5) is 15.5. The zero-order valence-corrected chi connectivity index (χ0v) is 27.2. The lowest BCUT2D eigenvalue weighted by molar-refractivity contribution is 0.202. The number of likely N-dealkylation sites (tertiary alicyclic amines) is 1. The minimum Gasteiger partial charge on any atom is -0.508 e. The molecular weight excluding hydrogens is 623 g/mol. The van der Waals surface area contributed by atoms with E-state index in [9.17, 15) is 5.11 Å². The van der Waals surface area contributed by atoms with E-state index in [0.717, 1.165) is 88.7 Å². The van der Waals surface area contributed by atoms with Crippen molar-refractivity contribution in [3.63, 3.8) is 0 Å². The largest absolute Gasteiger partial charge is 0.508 e. The Morgan fingerprint density at radius 3 is 2.36 bits per heavy atom. The van der Waals surface area contributed by atoms with Crippen molar-refractivity contribution in [1.29, 1.82) is 0 Å². The summed E-state index contributed by atoms with van der Waals surface area (Å²) in [6.45, 7) is 2.90. The molecule has 244 valence electrons. The molecule has 1 fully saturated rings. The van der Waals surface area contributed by atoms with E-state index in [0.29, 0.717) is 17.4 Å². The Morgan fingerprint density at radius 1 is 0.740 bits per heavy atom. The standard InChI is InChI=1S/C40H33N9O/c50-31-10-6-9-30(23-31)39-46-47-40-33-24-32(27-7-2-1-3-8-27)36(42-34(33)18-22-49(39)40)28-14-12-26(13-15-28)25-48-20-16-29(17-21-48)37-43-38(45-44-37)35-11-4-5-19-41-35/h1-15,18-19,22-24,29,50H,16-17,20-21,25H2,(H,43,44,45). The van der Waals surface area contributed by atoms with Gasteiger partial charge in [-0.25, -0.2) is 4.98 Å². The van der Waals surface area contributed by atoms with Gasteiger partial charge in [-0.3, -0.25) is 14.3 Å². The van der Waals surface area contributed by atoms with E-state index in [4.69, 9.17) is 4.98 Å². The van der Waals surface area contributed by atoms with Crippen LogP contribution < -0.4 is 0 Å². The number of phenols is 1.